The van der Waals surface area contributed by atoms with Crippen molar-refractivity contribution in [3.05, 3.63) is 60.8 Å². The van der Waals surface area contributed by atoms with E-state index in [0.29, 0.717) is 5.95 Å². The molecule has 0 radical (unpaired) electrons. The van der Waals surface area contributed by atoms with Gasteiger partial charge in [0.05, 0.1) is 7.11 Å². The second-order valence-electron chi connectivity index (χ2n) is 6.84. The van der Waals surface area contributed by atoms with Gasteiger partial charge < -0.3 is 20.3 Å². The largest absolute Gasteiger partial charge is 0.497 e. The van der Waals surface area contributed by atoms with Gasteiger partial charge in [0.2, 0.25) is 5.95 Å². The molecule has 1 aliphatic heterocycles. The average molecular weight is 375 g/mol. The molecule has 2 aromatic carbocycles. The first-order chi connectivity index (χ1) is 13.8. The molecule has 4 rings (SSSR count). The predicted molar refractivity (Wildman–Crippen MR) is 114 cm³/mol. The first-order valence-corrected chi connectivity index (χ1v) is 9.66. The lowest BCUT2D eigenvalue weighted by molar-refractivity contribution is 0.415. The Morgan fingerprint density at radius 2 is 1.71 bits per heavy atom. The van der Waals surface area contributed by atoms with E-state index in [2.05, 4.69) is 49.8 Å². The Hall–Kier alpha value is -3.28. The van der Waals surface area contributed by atoms with Gasteiger partial charge in [-0.25, -0.2) is 4.98 Å². The summed E-state index contributed by atoms with van der Waals surface area (Å²) in [6.45, 7) is 2.29. The van der Waals surface area contributed by atoms with E-state index in [0.717, 1.165) is 36.0 Å². The van der Waals surface area contributed by atoms with E-state index in [1.54, 1.807) is 13.3 Å². The Bertz CT molecular complexity index is 907. The molecular formula is C22H25N5O. The van der Waals surface area contributed by atoms with Crippen LogP contribution in [0.2, 0.25) is 0 Å². The molecule has 0 saturated carbocycles. The van der Waals surface area contributed by atoms with Crippen molar-refractivity contribution < 1.29 is 4.74 Å². The van der Waals surface area contributed by atoms with Gasteiger partial charge in [-0.2, -0.15) is 4.98 Å². The summed E-state index contributed by atoms with van der Waals surface area (Å²) >= 11 is 0. The van der Waals surface area contributed by atoms with Crippen LogP contribution in [0.3, 0.4) is 0 Å². The maximum absolute atomic E-state index is 5.26. The summed E-state index contributed by atoms with van der Waals surface area (Å²) in [6, 6.07) is 18.1. The van der Waals surface area contributed by atoms with Crippen LogP contribution in [0, 0.1) is 0 Å². The SMILES string of the molecule is COc1cccc(Nc2ccnc(Nc3ccc(N4CCCCC4)cc3)n2)c1. The van der Waals surface area contributed by atoms with Crippen LogP contribution in [0.15, 0.2) is 60.8 Å². The summed E-state index contributed by atoms with van der Waals surface area (Å²) in [6.07, 6.45) is 5.63. The molecule has 1 fully saturated rings. The first kappa shape index (κ1) is 18.1. The van der Waals surface area contributed by atoms with Crippen molar-refractivity contribution in [2.24, 2.45) is 0 Å². The van der Waals surface area contributed by atoms with Crippen molar-refractivity contribution >= 4 is 28.8 Å². The minimum absolute atomic E-state index is 0.554. The number of aromatic nitrogens is 2. The second-order valence-corrected chi connectivity index (χ2v) is 6.84. The molecule has 144 valence electrons. The Balaban J connectivity index is 1.42. The van der Waals surface area contributed by atoms with E-state index >= 15 is 0 Å². The molecule has 0 bridgehead atoms. The Morgan fingerprint density at radius 3 is 2.50 bits per heavy atom. The lowest BCUT2D eigenvalue weighted by atomic mass is 10.1. The quantitative estimate of drug-likeness (QED) is 0.635. The van der Waals surface area contributed by atoms with Crippen molar-refractivity contribution in [3.8, 4) is 5.75 Å². The third-order valence-corrected chi connectivity index (χ3v) is 4.84. The summed E-state index contributed by atoms with van der Waals surface area (Å²) in [4.78, 5) is 11.3. The number of benzene rings is 2. The van der Waals surface area contributed by atoms with Crippen LogP contribution >= 0.6 is 0 Å². The Labute approximate surface area is 165 Å². The molecule has 3 aromatic rings. The van der Waals surface area contributed by atoms with Gasteiger partial charge in [-0.15, -0.1) is 0 Å². The zero-order valence-electron chi connectivity index (χ0n) is 16.1. The van der Waals surface area contributed by atoms with E-state index in [-0.39, 0.29) is 0 Å². The fraction of sp³-hybridized carbons (Fsp3) is 0.273. The summed E-state index contributed by atoms with van der Waals surface area (Å²) in [5.41, 5.74) is 3.16. The van der Waals surface area contributed by atoms with Crippen LogP contribution in [0.1, 0.15) is 19.3 Å². The number of hydrogen-bond donors (Lipinski definition) is 2. The van der Waals surface area contributed by atoms with E-state index in [4.69, 9.17) is 4.74 Å². The molecule has 0 amide bonds. The highest BCUT2D eigenvalue weighted by atomic mass is 16.5. The van der Waals surface area contributed by atoms with Gasteiger partial charge in [0.1, 0.15) is 11.6 Å². The Morgan fingerprint density at radius 1 is 0.893 bits per heavy atom. The number of hydrogen-bond acceptors (Lipinski definition) is 6. The van der Waals surface area contributed by atoms with Crippen LogP contribution in [0.4, 0.5) is 28.8 Å². The third-order valence-electron chi connectivity index (χ3n) is 4.84. The van der Waals surface area contributed by atoms with Crippen LogP contribution in [-0.2, 0) is 0 Å². The van der Waals surface area contributed by atoms with Crippen LogP contribution in [-0.4, -0.2) is 30.2 Å². The van der Waals surface area contributed by atoms with Gasteiger partial charge in [-0.05, 0) is 61.7 Å². The number of nitrogens with zero attached hydrogens (tertiary/aromatic N) is 3. The molecule has 0 atom stereocenters. The maximum Gasteiger partial charge on any atom is 0.229 e. The van der Waals surface area contributed by atoms with E-state index < -0.39 is 0 Å². The molecule has 6 nitrogen and oxygen atoms in total. The summed E-state index contributed by atoms with van der Waals surface area (Å²) < 4.78 is 5.26. The highest BCUT2D eigenvalue weighted by Crippen LogP contribution is 2.24. The van der Waals surface area contributed by atoms with E-state index in [1.165, 1.54) is 24.9 Å². The first-order valence-electron chi connectivity index (χ1n) is 9.66. The van der Waals surface area contributed by atoms with E-state index in [1.807, 2.05) is 30.3 Å². The lowest BCUT2D eigenvalue weighted by Gasteiger charge is -2.28. The lowest BCUT2D eigenvalue weighted by Crippen LogP contribution is -2.29. The summed E-state index contributed by atoms with van der Waals surface area (Å²) in [7, 11) is 1.66. The molecular weight excluding hydrogens is 350 g/mol. The Kier molecular flexibility index (Phi) is 5.56. The number of ether oxygens (including phenoxy) is 1. The topological polar surface area (TPSA) is 62.3 Å². The normalized spacial score (nSPS) is 13.8. The molecule has 1 aromatic heterocycles. The number of anilines is 5. The van der Waals surface area contributed by atoms with Crippen LogP contribution in [0.5, 0.6) is 5.75 Å². The van der Waals surface area contributed by atoms with Crippen molar-refractivity contribution in [3.63, 3.8) is 0 Å². The maximum atomic E-state index is 5.26. The van der Waals surface area contributed by atoms with Gasteiger partial charge in [0.15, 0.2) is 0 Å². The van der Waals surface area contributed by atoms with Gasteiger partial charge in [-0.1, -0.05) is 6.07 Å². The van der Waals surface area contributed by atoms with Gasteiger partial charge in [-0.3, -0.25) is 0 Å². The molecule has 0 aliphatic carbocycles. The van der Waals surface area contributed by atoms with Gasteiger partial charge >= 0.3 is 0 Å². The molecule has 1 aliphatic rings. The second kappa shape index (κ2) is 8.61. The number of piperidine rings is 1. The molecule has 0 spiro atoms. The van der Waals surface area contributed by atoms with Crippen molar-refractivity contribution in [1.82, 2.24) is 9.97 Å². The zero-order chi connectivity index (χ0) is 19.2. The van der Waals surface area contributed by atoms with Gasteiger partial charge in [0, 0.05) is 42.4 Å². The molecule has 1 saturated heterocycles. The highest BCUT2D eigenvalue weighted by Gasteiger charge is 2.10. The molecule has 6 heteroatoms. The van der Waals surface area contributed by atoms with Crippen LogP contribution < -0.4 is 20.3 Å². The minimum Gasteiger partial charge on any atom is -0.497 e. The van der Waals surface area contributed by atoms with Crippen molar-refractivity contribution in [1.29, 1.82) is 0 Å². The number of nitrogens with one attached hydrogen (secondary N) is 2. The van der Waals surface area contributed by atoms with Crippen LogP contribution in [0.25, 0.3) is 0 Å². The average Bonchev–Trinajstić information content (AvgIpc) is 2.75. The number of rotatable bonds is 6. The number of methoxy groups -OCH3 is 1. The fourth-order valence-corrected chi connectivity index (χ4v) is 3.37. The fourth-order valence-electron chi connectivity index (χ4n) is 3.37. The summed E-state index contributed by atoms with van der Waals surface area (Å²) in [5, 5.41) is 6.56. The van der Waals surface area contributed by atoms with Crippen molar-refractivity contribution in [2.45, 2.75) is 19.3 Å². The smallest absolute Gasteiger partial charge is 0.229 e. The molecule has 0 unspecified atom stereocenters. The minimum atomic E-state index is 0.554. The summed E-state index contributed by atoms with van der Waals surface area (Å²) in [5.74, 6) is 2.07. The molecule has 2 heterocycles. The van der Waals surface area contributed by atoms with E-state index in [9.17, 15) is 0 Å². The standard InChI is InChI=1S/C22H25N5O/c1-28-20-7-5-6-18(16-20)24-21-12-13-23-22(26-21)25-17-8-10-19(11-9-17)27-14-3-2-4-15-27/h5-13,16H,2-4,14-15H2,1H3,(H2,23,24,25,26). The third kappa shape index (κ3) is 4.52. The van der Waals surface area contributed by atoms with Gasteiger partial charge in [0.25, 0.3) is 0 Å². The molecule has 28 heavy (non-hydrogen) atoms. The predicted octanol–water partition coefficient (Wildman–Crippen LogP) is 4.96. The van der Waals surface area contributed by atoms with Crippen molar-refractivity contribution in [2.75, 3.05) is 35.7 Å². The molecule has 2 N–H and O–H groups in total. The highest BCUT2D eigenvalue weighted by molar-refractivity contribution is 5.62. The monoisotopic (exact) mass is 375 g/mol. The zero-order valence-corrected chi connectivity index (χ0v) is 16.1.